The first-order chi connectivity index (χ1) is 9.64. The Labute approximate surface area is 124 Å². The summed E-state index contributed by atoms with van der Waals surface area (Å²) < 4.78 is 6.15. The molecule has 0 aromatic rings. The fourth-order valence-electron chi connectivity index (χ4n) is 5.10. The largest absolute Gasteiger partial charge is 0.481 e. The Morgan fingerprint density at radius 3 is 2.50 bits per heavy atom. The average molecular weight is 296 g/mol. The number of hydrogen-bond donors (Lipinski definition) is 1. The number of thioether (sulfide) groups is 1. The van der Waals surface area contributed by atoms with Gasteiger partial charge in [0.15, 0.2) is 0 Å². The second-order valence-electron chi connectivity index (χ2n) is 7.46. The van der Waals surface area contributed by atoms with E-state index in [4.69, 9.17) is 4.74 Å². The van der Waals surface area contributed by atoms with Crippen LogP contribution in [0.15, 0.2) is 0 Å². The first-order valence-electron chi connectivity index (χ1n) is 8.09. The molecule has 0 bridgehead atoms. The van der Waals surface area contributed by atoms with Crippen molar-refractivity contribution in [2.45, 2.75) is 50.5 Å². The number of carboxylic acids is 1. The Morgan fingerprint density at radius 2 is 1.85 bits per heavy atom. The number of rotatable bonds is 2. The van der Waals surface area contributed by atoms with Gasteiger partial charge in [0.1, 0.15) is 0 Å². The molecule has 0 aromatic heterocycles. The molecule has 0 radical (unpaired) electrons. The van der Waals surface area contributed by atoms with E-state index in [2.05, 4.69) is 0 Å². The lowest BCUT2D eigenvalue weighted by Gasteiger charge is -2.48. The maximum Gasteiger partial charge on any atom is 0.309 e. The highest BCUT2D eigenvalue weighted by Crippen LogP contribution is 2.64. The minimum atomic E-state index is -0.517. The Morgan fingerprint density at radius 1 is 1.15 bits per heavy atom. The third-order valence-electron chi connectivity index (χ3n) is 6.43. The lowest BCUT2D eigenvalue weighted by Crippen LogP contribution is -2.49. The summed E-state index contributed by atoms with van der Waals surface area (Å²) in [6.07, 6.45) is 7.39. The van der Waals surface area contributed by atoms with E-state index in [1.807, 2.05) is 11.8 Å². The predicted molar refractivity (Wildman–Crippen MR) is 78.9 cm³/mol. The van der Waals surface area contributed by atoms with Crippen LogP contribution < -0.4 is 0 Å². The van der Waals surface area contributed by atoms with Crippen molar-refractivity contribution in [2.24, 2.45) is 23.2 Å². The average Bonchev–Trinajstić information content (AvgIpc) is 3.06. The van der Waals surface area contributed by atoms with Gasteiger partial charge in [-0.15, -0.1) is 0 Å². The summed E-state index contributed by atoms with van der Waals surface area (Å²) in [6, 6.07) is 0. The van der Waals surface area contributed by atoms with Crippen LogP contribution in [0, 0.1) is 23.2 Å². The van der Waals surface area contributed by atoms with Gasteiger partial charge >= 0.3 is 5.97 Å². The van der Waals surface area contributed by atoms with Crippen LogP contribution in [-0.2, 0) is 9.53 Å². The van der Waals surface area contributed by atoms with Crippen LogP contribution in [0.3, 0.4) is 0 Å². The molecule has 2 aliphatic heterocycles. The molecule has 1 N–H and O–H groups in total. The van der Waals surface area contributed by atoms with Gasteiger partial charge in [-0.2, -0.15) is 11.8 Å². The summed E-state index contributed by atoms with van der Waals surface area (Å²) >= 11 is 2.01. The number of aliphatic carboxylic acids is 1. The lowest BCUT2D eigenvalue weighted by molar-refractivity contribution is -0.165. The molecule has 20 heavy (non-hydrogen) atoms. The topological polar surface area (TPSA) is 46.5 Å². The van der Waals surface area contributed by atoms with E-state index in [9.17, 15) is 9.90 Å². The molecule has 2 saturated heterocycles. The van der Waals surface area contributed by atoms with Crippen molar-refractivity contribution in [3.8, 4) is 0 Å². The second kappa shape index (κ2) is 4.64. The Kier molecular flexibility index (Phi) is 3.12. The zero-order chi connectivity index (χ0) is 13.8. The number of carboxylic acid groups (broad SMARTS) is 1. The third-order valence-corrected chi connectivity index (χ3v) is 7.41. The molecule has 0 aromatic carbocycles. The van der Waals surface area contributed by atoms with Gasteiger partial charge in [0.05, 0.1) is 11.0 Å². The van der Waals surface area contributed by atoms with Crippen molar-refractivity contribution in [2.75, 3.05) is 18.1 Å². The molecule has 2 saturated carbocycles. The predicted octanol–water partition coefficient (Wildman–Crippen LogP) is 3.18. The molecule has 112 valence electrons. The van der Waals surface area contributed by atoms with Crippen molar-refractivity contribution >= 4 is 17.7 Å². The van der Waals surface area contributed by atoms with E-state index < -0.39 is 11.4 Å². The van der Waals surface area contributed by atoms with Crippen LogP contribution in [0.4, 0.5) is 0 Å². The Hall–Kier alpha value is -0.220. The Bertz CT molecular complexity index is 400. The molecule has 4 aliphatic rings. The first kappa shape index (κ1) is 13.4. The zero-order valence-electron chi connectivity index (χ0n) is 12.0. The lowest BCUT2D eigenvalue weighted by atomic mass is 9.65. The van der Waals surface area contributed by atoms with Gasteiger partial charge in [-0.25, -0.2) is 0 Å². The second-order valence-corrected chi connectivity index (χ2v) is 8.68. The normalized spacial score (nSPS) is 46.1. The smallest absolute Gasteiger partial charge is 0.309 e. The fraction of sp³-hybridized carbons (Fsp3) is 0.938. The summed E-state index contributed by atoms with van der Waals surface area (Å²) in [5.74, 6) is 3.65. The van der Waals surface area contributed by atoms with E-state index in [1.165, 1.54) is 17.9 Å². The van der Waals surface area contributed by atoms with E-state index >= 15 is 0 Å². The van der Waals surface area contributed by atoms with Crippen LogP contribution in [0.5, 0.6) is 0 Å². The van der Waals surface area contributed by atoms with Gasteiger partial charge in [-0.3, -0.25) is 4.79 Å². The van der Waals surface area contributed by atoms with Gasteiger partial charge in [0.25, 0.3) is 0 Å². The van der Waals surface area contributed by atoms with Crippen molar-refractivity contribution < 1.29 is 14.6 Å². The fourth-order valence-corrected chi connectivity index (χ4v) is 6.34. The highest BCUT2D eigenvalue weighted by atomic mass is 32.2. The summed E-state index contributed by atoms with van der Waals surface area (Å²) in [5, 5.41) is 9.90. The standard InChI is InChI=1S/C16H24O3S/c17-14(18)16(8-11-7-12(11)9-16)13-1-4-19-15(10-13)2-5-20-6-3-15/h11-13H,1-10H2,(H,17,18). The molecule has 4 rings (SSSR count). The minimum absolute atomic E-state index is 0.0173. The highest BCUT2D eigenvalue weighted by molar-refractivity contribution is 7.99. The van der Waals surface area contributed by atoms with Crippen LogP contribution in [0.1, 0.15) is 44.9 Å². The van der Waals surface area contributed by atoms with Crippen molar-refractivity contribution in [3.63, 3.8) is 0 Å². The van der Waals surface area contributed by atoms with Gasteiger partial charge in [0, 0.05) is 6.61 Å². The maximum atomic E-state index is 12.0. The van der Waals surface area contributed by atoms with Gasteiger partial charge in [0.2, 0.25) is 0 Å². The van der Waals surface area contributed by atoms with Gasteiger partial charge in [-0.1, -0.05) is 0 Å². The van der Waals surface area contributed by atoms with Crippen LogP contribution in [0.2, 0.25) is 0 Å². The monoisotopic (exact) mass is 296 g/mol. The minimum Gasteiger partial charge on any atom is -0.481 e. The molecule has 2 aliphatic carbocycles. The quantitative estimate of drug-likeness (QED) is 0.850. The molecule has 3 unspecified atom stereocenters. The van der Waals surface area contributed by atoms with E-state index in [-0.39, 0.29) is 5.60 Å². The molecule has 0 amide bonds. The van der Waals surface area contributed by atoms with Crippen LogP contribution >= 0.6 is 11.8 Å². The summed E-state index contributed by atoms with van der Waals surface area (Å²) in [7, 11) is 0. The summed E-state index contributed by atoms with van der Waals surface area (Å²) in [5.41, 5.74) is -0.391. The van der Waals surface area contributed by atoms with Gasteiger partial charge < -0.3 is 9.84 Å². The van der Waals surface area contributed by atoms with E-state index in [1.54, 1.807) is 0 Å². The van der Waals surface area contributed by atoms with Crippen LogP contribution in [0.25, 0.3) is 0 Å². The number of fused-ring (bicyclic) bond motifs is 1. The molecular weight excluding hydrogens is 272 g/mol. The molecule has 4 fully saturated rings. The molecular formula is C16H24O3S. The SMILES string of the molecule is O=C(O)C1(C2CCOC3(CCSCC3)C2)CC2CC2C1. The molecule has 2 heterocycles. The Balaban J connectivity index is 1.56. The molecule has 4 heteroatoms. The van der Waals surface area contributed by atoms with E-state index in [0.29, 0.717) is 5.92 Å². The summed E-state index contributed by atoms with van der Waals surface area (Å²) in [4.78, 5) is 12.0. The molecule has 3 atom stereocenters. The number of ether oxygens (including phenoxy) is 1. The van der Waals surface area contributed by atoms with Crippen LogP contribution in [-0.4, -0.2) is 34.8 Å². The third kappa shape index (κ3) is 2.02. The first-order valence-corrected chi connectivity index (χ1v) is 9.24. The highest BCUT2D eigenvalue weighted by Gasteiger charge is 2.61. The maximum absolute atomic E-state index is 12.0. The number of hydrogen-bond acceptors (Lipinski definition) is 3. The van der Waals surface area contributed by atoms with Crippen molar-refractivity contribution in [3.05, 3.63) is 0 Å². The van der Waals surface area contributed by atoms with Gasteiger partial charge in [-0.05, 0) is 74.2 Å². The zero-order valence-corrected chi connectivity index (χ0v) is 12.8. The summed E-state index contributed by atoms with van der Waals surface area (Å²) in [6.45, 7) is 0.777. The number of carbonyl (C=O) groups is 1. The molecule has 1 spiro atoms. The van der Waals surface area contributed by atoms with E-state index in [0.717, 1.165) is 57.0 Å². The van der Waals surface area contributed by atoms with Crippen molar-refractivity contribution in [1.82, 2.24) is 0 Å². The molecule has 3 nitrogen and oxygen atoms in total. The van der Waals surface area contributed by atoms with Crippen molar-refractivity contribution in [1.29, 1.82) is 0 Å².